The van der Waals surface area contributed by atoms with Crippen LogP contribution in [0.5, 0.6) is 0 Å². The number of hydrogen-bond donors (Lipinski definition) is 0. The van der Waals surface area contributed by atoms with Crippen molar-refractivity contribution in [2.45, 2.75) is 104 Å². The van der Waals surface area contributed by atoms with Gasteiger partial charge in [-0.3, -0.25) is 0 Å². The van der Waals surface area contributed by atoms with Crippen molar-refractivity contribution >= 4 is 0 Å². The topological polar surface area (TPSA) is 38.7 Å². The van der Waals surface area contributed by atoms with Gasteiger partial charge in [-0.2, -0.15) is 0 Å². The second-order valence-corrected chi connectivity index (χ2v) is 6.88. The molecule has 0 saturated carbocycles. The summed E-state index contributed by atoms with van der Waals surface area (Å²) < 4.78 is 0. The Morgan fingerprint density at radius 2 is 1.17 bits per heavy atom. The maximum absolute atomic E-state index is 4.32. The molecule has 1 unspecified atom stereocenters. The van der Waals surface area contributed by atoms with Crippen LogP contribution >= 0.6 is 0 Å². The molecule has 1 rings (SSSR count). The third-order valence-corrected chi connectivity index (χ3v) is 4.70. The van der Waals surface area contributed by atoms with Crippen molar-refractivity contribution in [3.8, 4) is 0 Å². The summed E-state index contributed by atoms with van der Waals surface area (Å²) in [6.07, 6.45) is 22.1. The van der Waals surface area contributed by atoms with E-state index in [9.17, 15) is 0 Å². The van der Waals surface area contributed by atoms with Gasteiger partial charge in [-0.1, -0.05) is 97.3 Å². The van der Waals surface area contributed by atoms with Crippen molar-refractivity contribution in [3.63, 3.8) is 0 Å². The maximum Gasteiger partial charge on any atom is 0.132 e. The Morgan fingerprint density at radius 3 is 1.70 bits per heavy atom. The zero-order chi connectivity index (χ0) is 16.6. The third-order valence-electron chi connectivity index (χ3n) is 4.70. The van der Waals surface area contributed by atoms with Crippen LogP contribution in [0.25, 0.3) is 0 Å². The molecule has 0 aliphatic heterocycles. The summed E-state index contributed by atoms with van der Waals surface area (Å²) >= 11 is 0. The van der Waals surface area contributed by atoms with Crippen LogP contribution in [-0.2, 0) is 6.42 Å². The average molecular weight is 320 g/mol. The highest BCUT2D eigenvalue weighted by Gasteiger charge is 2.11. The number of rotatable bonds is 15. The molecule has 0 radical (unpaired) electrons. The van der Waals surface area contributed by atoms with Gasteiger partial charge < -0.3 is 0 Å². The molecule has 3 nitrogen and oxygen atoms in total. The predicted molar refractivity (Wildman–Crippen MR) is 98.4 cm³/mol. The molecule has 132 valence electrons. The van der Waals surface area contributed by atoms with E-state index in [0.717, 1.165) is 18.2 Å². The summed E-state index contributed by atoms with van der Waals surface area (Å²) in [5.41, 5.74) is 0. The molecule has 0 bridgehead atoms. The maximum atomic E-state index is 4.32. The van der Waals surface area contributed by atoms with Gasteiger partial charge in [-0.15, -0.1) is 0 Å². The van der Waals surface area contributed by atoms with E-state index in [-0.39, 0.29) is 0 Å². The summed E-state index contributed by atoms with van der Waals surface area (Å²) in [6.45, 7) is 4.56. The zero-order valence-corrected chi connectivity index (χ0v) is 15.5. The zero-order valence-electron chi connectivity index (χ0n) is 15.5. The van der Waals surface area contributed by atoms with Crippen LogP contribution < -0.4 is 0 Å². The first-order valence-corrected chi connectivity index (χ1v) is 9.97. The van der Waals surface area contributed by atoms with E-state index >= 15 is 0 Å². The van der Waals surface area contributed by atoms with Crippen LogP contribution in [0.2, 0.25) is 0 Å². The van der Waals surface area contributed by atoms with Crippen molar-refractivity contribution in [1.29, 1.82) is 0 Å². The first-order valence-electron chi connectivity index (χ1n) is 9.97. The van der Waals surface area contributed by atoms with Crippen LogP contribution in [-0.4, -0.2) is 15.0 Å². The molecular formula is C20H37N3. The fraction of sp³-hybridized carbons (Fsp3) is 0.850. The lowest BCUT2D eigenvalue weighted by Crippen LogP contribution is -2.08. The Morgan fingerprint density at radius 1 is 0.696 bits per heavy atom. The quantitative estimate of drug-likeness (QED) is 0.364. The highest BCUT2D eigenvalue weighted by atomic mass is 15.0. The monoisotopic (exact) mass is 319 g/mol. The summed E-state index contributed by atoms with van der Waals surface area (Å²) in [7, 11) is 0. The first-order chi connectivity index (χ1) is 11.4. The fourth-order valence-electron chi connectivity index (χ4n) is 3.23. The Bertz CT molecular complexity index is 353. The minimum absolute atomic E-state index is 0.755. The van der Waals surface area contributed by atoms with E-state index < -0.39 is 0 Å². The summed E-state index contributed by atoms with van der Waals surface area (Å²) in [5, 5.41) is 0. The number of aromatic nitrogens is 3. The summed E-state index contributed by atoms with van der Waals surface area (Å²) in [6, 6.07) is 0. The van der Waals surface area contributed by atoms with E-state index in [1.807, 2.05) is 0 Å². The number of hydrogen-bond acceptors (Lipinski definition) is 3. The van der Waals surface area contributed by atoms with E-state index in [1.165, 1.54) is 83.5 Å². The molecule has 0 spiro atoms. The lowest BCUT2D eigenvalue weighted by atomic mass is 9.91. The second-order valence-electron chi connectivity index (χ2n) is 6.88. The van der Waals surface area contributed by atoms with Crippen LogP contribution in [0.4, 0.5) is 0 Å². The molecule has 0 aliphatic carbocycles. The SMILES string of the molecule is CCCCCCCCC(CCCCCCC)Cc1ncncn1. The normalized spacial score (nSPS) is 12.4. The van der Waals surface area contributed by atoms with Crippen LogP contribution in [0.1, 0.15) is 103 Å². The van der Waals surface area contributed by atoms with Gasteiger partial charge in [-0.05, 0) is 5.92 Å². The molecule has 0 N–H and O–H groups in total. The minimum Gasteiger partial charge on any atom is -0.225 e. The molecular weight excluding hydrogens is 282 g/mol. The molecule has 0 fully saturated rings. The summed E-state index contributed by atoms with van der Waals surface area (Å²) in [4.78, 5) is 12.6. The lowest BCUT2D eigenvalue weighted by Gasteiger charge is -2.16. The van der Waals surface area contributed by atoms with Gasteiger partial charge in [0, 0.05) is 6.42 Å². The molecule has 3 heteroatoms. The number of nitrogens with zero attached hydrogens (tertiary/aromatic N) is 3. The first kappa shape index (κ1) is 20.1. The van der Waals surface area contributed by atoms with Crippen LogP contribution in [0.15, 0.2) is 12.7 Å². The lowest BCUT2D eigenvalue weighted by molar-refractivity contribution is 0.394. The van der Waals surface area contributed by atoms with Crippen molar-refractivity contribution in [3.05, 3.63) is 18.5 Å². The Hall–Kier alpha value is -0.990. The van der Waals surface area contributed by atoms with Crippen molar-refractivity contribution in [1.82, 2.24) is 15.0 Å². The third kappa shape index (κ3) is 11.2. The van der Waals surface area contributed by atoms with Gasteiger partial charge in [0.2, 0.25) is 0 Å². The van der Waals surface area contributed by atoms with Gasteiger partial charge in [0.05, 0.1) is 0 Å². The molecule has 0 amide bonds. The molecule has 23 heavy (non-hydrogen) atoms. The second kappa shape index (κ2) is 14.6. The molecule has 0 aromatic carbocycles. The average Bonchev–Trinajstić information content (AvgIpc) is 2.58. The highest BCUT2D eigenvalue weighted by molar-refractivity contribution is 4.84. The Balaban J connectivity index is 2.26. The van der Waals surface area contributed by atoms with E-state index in [2.05, 4.69) is 28.8 Å². The molecule has 1 aromatic rings. The molecule has 1 heterocycles. The van der Waals surface area contributed by atoms with Crippen molar-refractivity contribution in [2.24, 2.45) is 5.92 Å². The van der Waals surface area contributed by atoms with Gasteiger partial charge in [0.1, 0.15) is 18.5 Å². The van der Waals surface area contributed by atoms with Gasteiger partial charge in [0.25, 0.3) is 0 Å². The van der Waals surface area contributed by atoms with Crippen LogP contribution in [0, 0.1) is 5.92 Å². The standard InChI is InChI=1S/C20H37N3/c1-3-5-7-9-11-13-15-19(14-12-10-8-6-4-2)16-20-22-17-21-18-23-20/h17-19H,3-16H2,1-2H3. The Labute approximate surface area is 143 Å². The largest absolute Gasteiger partial charge is 0.225 e. The molecule has 1 atom stereocenters. The predicted octanol–water partition coefficient (Wildman–Crippen LogP) is 6.14. The van der Waals surface area contributed by atoms with E-state index in [0.29, 0.717) is 0 Å². The van der Waals surface area contributed by atoms with E-state index in [4.69, 9.17) is 0 Å². The van der Waals surface area contributed by atoms with Crippen LogP contribution in [0.3, 0.4) is 0 Å². The molecule has 0 aliphatic rings. The number of unbranched alkanes of at least 4 members (excludes halogenated alkanes) is 9. The van der Waals surface area contributed by atoms with E-state index in [1.54, 1.807) is 12.7 Å². The van der Waals surface area contributed by atoms with Gasteiger partial charge in [-0.25, -0.2) is 15.0 Å². The summed E-state index contributed by atoms with van der Waals surface area (Å²) in [5.74, 6) is 1.73. The molecule has 0 saturated heterocycles. The van der Waals surface area contributed by atoms with Crippen molar-refractivity contribution in [2.75, 3.05) is 0 Å². The van der Waals surface area contributed by atoms with Crippen molar-refractivity contribution < 1.29 is 0 Å². The fourth-order valence-corrected chi connectivity index (χ4v) is 3.23. The smallest absolute Gasteiger partial charge is 0.132 e. The minimum atomic E-state index is 0.755. The van der Waals surface area contributed by atoms with Gasteiger partial charge in [0.15, 0.2) is 0 Å². The molecule has 1 aromatic heterocycles. The highest BCUT2D eigenvalue weighted by Crippen LogP contribution is 2.21. The van der Waals surface area contributed by atoms with Gasteiger partial charge >= 0.3 is 0 Å². The Kier molecular flexibility index (Phi) is 12.7.